The van der Waals surface area contributed by atoms with Crippen LogP contribution < -0.4 is 0 Å². The van der Waals surface area contributed by atoms with Crippen molar-refractivity contribution in [1.82, 2.24) is 4.90 Å². The molecule has 1 N–H and O–H groups in total. The molecular formula is C18H26ClNO. The fourth-order valence-corrected chi connectivity index (χ4v) is 4.46. The molecule has 3 rings (SSSR count). The lowest BCUT2D eigenvalue weighted by molar-refractivity contribution is 0.0456. The Morgan fingerprint density at radius 3 is 2.76 bits per heavy atom. The normalized spacial score (nSPS) is 28.1. The summed E-state index contributed by atoms with van der Waals surface area (Å²) in [7, 11) is 0. The summed E-state index contributed by atoms with van der Waals surface area (Å²) in [5.41, 5.74) is 0.872. The summed E-state index contributed by atoms with van der Waals surface area (Å²) in [6.45, 7) is 2.20. The highest BCUT2D eigenvalue weighted by Gasteiger charge is 2.33. The van der Waals surface area contributed by atoms with Crippen molar-refractivity contribution in [3.63, 3.8) is 0 Å². The van der Waals surface area contributed by atoms with Crippen LogP contribution in [0.15, 0.2) is 24.3 Å². The second-order valence-electron chi connectivity index (χ2n) is 6.62. The predicted octanol–water partition coefficient (Wildman–Crippen LogP) is 4.42. The van der Waals surface area contributed by atoms with E-state index in [0.29, 0.717) is 5.02 Å². The Labute approximate surface area is 133 Å². The van der Waals surface area contributed by atoms with Gasteiger partial charge in [0, 0.05) is 17.6 Å². The van der Waals surface area contributed by atoms with Crippen molar-refractivity contribution in [2.75, 3.05) is 13.1 Å². The number of aliphatic hydroxyl groups is 1. The Bertz CT molecular complexity index is 462. The van der Waals surface area contributed by atoms with E-state index < -0.39 is 6.10 Å². The average Bonchev–Trinajstić information content (AvgIpc) is 2.53. The van der Waals surface area contributed by atoms with Crippen LogP contribution in [0.2, 0.25) is 5.02 Å². The minimum absolute atomic E-state index is 0.442. The number of benzene rings is 1. The lowest BCUT2D eigenvalue weighted by Crippen LogP contribution is -2.47. The molecule has 1 aromatic rings. The van der Waals surface area contributed by atoms with Gasteiger partial charge in [0.25, 0.3) is 0 Å². The molecule has 2 fully saturated rings. The van der Waals surface area contributed by atoms with Crippen molar-refractivity contribution in [3.8, 4) is 0 Å². The fourth-order valence-electron chi connectivity index (χ4n) is 4.19. The van der Waals surface area contributed by atoms with Gasteiger partial charge in [0.1, 0.15) is 0 Å². The molecule has 1 aliphatic carbocycles. The van der Waals surface area contributed by atoms with Crippen LogP contribution in [0.4, 0.5) is 0 Å². The summed E-state index contributed by atoms with van der Waals surface area (Å²) in [5, 5.41) is 11.1. The van der Waals surface area contributed by atoms with E-state index in [1.165, 1.54) is 45.1 Å². The summed E-state index contributed by atoms with van der Waals surface area (Å²) >= 11 is 6.18. The van der Waals surface area contributed by atoms with E-state index in [2.05, 4.69) is 4.90 Å². The van der Waals surface area contributed by atoms with Gasteiger partial charge in [-0.2, -0.15) is 0 Å². The van der Waals surface area contributed by atoms with Crippen molar-refractivity contribution in [2.45, 2.75) is 57.1 Å². The monoisotopic (exact) mass is 307 g/mol. The molecular weight excluding hydrogens is 282 g/mol. The topological polar surface area (TPSA) is 23.5 Å². The van der Waals surface area contributed by atoms with Crippen LogP contribution in [0.5, 0.6) is 0 Å². The van der Waals surface area contributed by atoms with Crippen molar-refractivity contribution in [3.05, 3.63) is 34.9 Å². The maximum atomic E-state index is 10.4. The van der Waals surface area contributed by atoms with E-state index in [9.17, 15) is 5.11 Å². The summed E-state index contributed by atoms with van der Waals surface area (Å²) in [6, 6.07) is 8.43. The molecule has 0 spiro atoms. The SMILES string of the molecule is OC(CCN1CCC[C@H]2CCCC[C@H]21)c1ccccc1Cl. The number of nitrogens with zero attached hydrogens (tertiary/aromatic N) is 1. The van der Waals surface area contributed by atoms with Gasteiger partial charge in [0.15, 0.2) is 0 Å². The fraction of sp³-hybridized carbons (Fsp3) is 0.667. The zero-order chi connectivity index (χ0) is 14.7. The molecule has 1 saturated carbocycles. The second kappa shape index (κ2) is 7.13. The molecule has 21 heavy (non-hydrogen) atoms. The minimum Gasteiger partial charge on any atom is -0.388 e. The third kappa shape index (κ3) is 3.61. The van der Waals surface area contributed by atoms with E-state index in [4.69, 9.17) is 11.6 Å². The van der Waals surface area contributed by atoms with Crippen molar-refractivity contribution >= 4 is 11.6 Å². The Balaban J connectivity index is 1.58. The van der Waals surface area contributed by atoms with Crippen LogP contribution in [0, 0.1) is 5.92 Å². The number of halogens is 1. The first-order chi connectivity index (χ1) is 10.3. The first-order valence-electron chi connectivity index (χ1n) is 8.42. The highest BCUT2D eigenvalue weighted by Crippen LogP contribution is 2.36. The second-order valence-corrected chi connectivity index (χ2v) is 7.02. The molecule has 0 bridgehead atoms. The molecule has 116 valence electrons. The molecule has 0 aromatic heterocycles. The number of fused-ring (bicyclic) bond motifs is 1. The van der Waals surface area contributed by atoms with E-state index >= 15 is 0 Å². The zero-order valence-electron chi connectivity index (χ0n) is 12.7. The molecule has 1 unspecified atom stereocenters. The maximum absolute atomic E-state index is 10.4. The molecule has 1 aliphatic heterocycles. The Hall–Kier alpha value is -0.570. The maximum Gasteiger partial charge on any atom is 0.0816 e. The van der Waals surface area contributed by atoms with Gasteiger partial charge in [-0.1, -0.05) is 42.6 Å². The lowest BCUT2D eigenvalue weighted by Gasteiger charge is -2.44. The Morgan fingerprint density at radius 2 is 1.90 bits per heavy atom. The van der Waals surface area contributed by atoms with Gasteiger partial charge < -0.3 is 10.0 Å². The predicted molar refractivity (Wildman–Crippen MR) is 87.6 cm³/mol. The highest BCUT2D eigenvalue weighted by atomic mass is 35.5. The Morgan fingerprint density at radius 1 is 1.14 bits per heavy atom. The summed E-state index contributed by atoms with van der Waals surface area (Å²) < 4.78 is 0. The molecule has 1 aromatic carbocycles. The van der Waals surface area contributed by atoms with Crippen LogP contribution in [-0.2, 0) is 0 Å². The quantitative estimate of drug-likeness (QED) is 0.890. The summed E-state index contributed by atoms with van der Waals surface area (Å²) in [4.78, 5) is 2.63. The van der Waals surface area contributed by atoms with Gasteiger partial charge in [-0.05, 0) is 56.2 Å². The standard InChI is InChI=1S/C18H26ClNO/c19-16-9-3-2-8-15(16)18(21)11-13-20-12-5-7-14-6-1-4-10-17(14)20/h2-3,8-9,14,17-18,21H,1,4-7,10-13H2/t14-,17-,18?/m1/s1. The smallest absolute Gasteiger partial charge is 0.0816 e. The number of piperidine rings is 1. The van der Waals surface area contributed by atoms with Crippen molar-refractivity contribution < 1.29 is 5.11 Å². The largest absolute Gasteiger partial charge is 0.388 e. The molecule has 2 aliphatic rings. The number of hydrogen-bond acceptors (Lipinski definition) is 2. The molecule has 0 radical (unpaired) electrons. The van der Waals surface area contributed by atoms with E-state index in [0.717, 1.165) is 30.5 Å². The first-order valence-corrected chi connectivity index (χ1v) is 8.80. The van der Waals surface area contributed by atoms with E-state index in [1.54, 1.807) is 0 Å². The highest BCUT2D eigenvalue weighted by molar-refractivity contribution is 6.31. The number of rotatable bonds is 4. The number of likely N-dealkylation sites (tertiary alicyclic amines) is 1. The van der Waals surface area contributed by atoms with Gasteiger partial charge in [-0.25, -0.2) is 0 Å². The molecule has 0 amide bonds. The lowest BCUT2D eigenvalue weighted by atomic mass is 9.78. The average molecular weight is 308 g/mol. The molecule has 2 nitrogen and oxygen atoms in total. The van der Waals surface area contributed by atoms with Crippen LogP contribution in [0.1, 0.15) is 56.6 Å². The van der Waals surface area contributed by atoms with Crippen LogP contribution in [0.25, 0.3) is 0 Å². The van der Waals surface area contributed by atoms with Crippen LogP contribution >= 0.6 is 11.6 Å². The van der Waals surface area contributed by atoms with Crippen molar-refractivity contribution in [2.24, 2.45) is 5.92 Å². The van der Waals surface area contributed by atoms with Gasteiger partial charge in [-0.3, -0.25) is 0 Å². The number of hydrogen-bond donors (Lipinski definition) is 1. The van der Waals surface area contributed by atoms with Gasteiger partial charge >= 0.3 is 0 Å². The summed E-state index contributed by atoms with van der Waals surface area (Å²) in [6.07, 6.45) is 8.64. The van der Waals surface area contributed by atoms with Gasteiger partial charge in [0.05, 0.1) is 6.10 Å². The number of aliphatic hydroxyl groups excluding tert-OH is 1. The third-order valence-corrected chi connectivity index (χ3v) is 5.66. The van der Waals surface area contributed by atoms with Crippen LogP contribution in [0.3, 0.4) is 0 Å². The van der Waals surface area contributed by atoms with Gasteiger partial charge in [0.2, 0.25) is 0 Å². The summed E-state index contributed by atoms with van der Waals surface area (Å²) in [5.74, 6) is 0.907. The Kier molecular flexibility index (Phi) is 5.20. The molecule has 1 heterocycles. The van der Waals surface area contributed by atoms with Gasteiger partial charge in [-0.15, -0.1) is 0 Å². The van der Waals surface area contributed by atoms with Crippen LogP contribution in [-0.4, -0.2) is 29.1 Å². The molecule has 1 saturated heterocycles. The van der Waals surface area contributed by atoms with E-state index in [-0.39, 0.29) is 0 Å². The minimum atomic E-state index is -0.442. The third-order valence-electron chi connectivity index (χ3n) is 5.31. The molecule has 3 atom stereocenters. The zero-order valence-corrected chi connectivity index (χ0v) is 13.4. The van der Waals surface area contributed by atoms with E-state index in [1.807, 2.05) is 24.3 Å². The molecule has 3 heteroatoms. The van der Waals surface area contributed by atoms with Crippen molar-refractivity contribution in [1.29, 1.82) is 0 Å². The first kappa shape index (κ1) is 15.3.